The third-order valence-corrected chi connectivity index (χ3v) is 7.32. The average Bonchev–Trinajstić information content (AvgIpc) is 3.06. The number of nitrogens with one attached hydrogen (secondary N) is 1. The summed E-state index contributed by atoms with van der Waals surface area (Å²) < 4.78 is 1.49. The molecule has 108 valence electrons. The van der Waals surface area contributed by atoms with E-state index in [-0.39, 0.29) is 0 Å². The van der Waals surface area contributed by atoms with E-state index in [9.17, 15) is 0 Å². The van der Waals surface area contributed by atoms with E-state index < -0.39 is 0 Å². The molecule has 0 radical (unpaired) electrons. The molecule has 3 heterocycles. The van der Waals surface area contributed by atoms with Gasteiger partial charge in [-0.05, 0) is 36.8 Å². The maximum absolute atomic E-state index is 4.57. The smallest absolute Gasteiger partial charge is 0.109 e. The molecule has 1 N–H and O–H groups in total. The number of nitrogens with zero attached hydrogens (tertiary/aromatic N) is 1. The molecule has 3 atom stereocenters. The molecule has 20 heavy (non-hydrogen) atoms. The van der Waals surface area contributed by atoms with Gasteiger partial charge in [0.15, 0.2) is 0 Å². The fourth-order valence-electron chi connectivity index (χ4n) is 2.57. The van der Waals surface area contributed by atoms with Crippen molar-refractivity contribution in [2.24, 2.45) is 0 Å². The van der Waals surface area contributed by atoms with Crippen molar-refractivity contribution in [1.82, 2.24) is 10.3 Å². The SMILES string of the molecule is CCc1cnc(C(C)NC2C[C@H](C)Sc3sccc32)s1. The van der Waals surface area contributed by atoms with Crippen molar-refractivity contribution in [2.45, 2.75) is 55.2 Å². The summed E-state index contributed by atoms with van der Waals surface area (Å²) in [5.41, 5.74) is 1.48. The zero-order valence-corrected chi connectivity index (χ0v) is 14.5. The van der Waals surface area contributed by atoms with E-state index in [0.29, 0.717) is 17.3 Å². The summed E-state index contributed by atoms with van der Waals surface area (Å²) in [6.07, 6.45) is 4.30. The first-order valence-electron chi connectivity index (χ1n) is 7.12. The third-order valence-electron chi connectivity index (χ3n) is 3.65. The molecule has 5 heteroatoms. The molecular formula is C15H20N2S3. The largest absolute Gasteiger partial charge is 0.301 e. The van der Waals surface area contributed by atoms with Gasteiger partial charge in [0, 0.05) is 22.4 Å². The number of aromatic nitrogens is 1. The van der Waals surface area contributed by atoms with Crippen molar-refractivity contribution in [3.8, 4) is 0 Å². The van der Waals surface area contributed by atoms with Gasteiger partial charge in [-0.2, -0.15) is 0 Å². The number of rotatable bonds is 4. The van der Waals surface area contributed by atoms with Gasteiger partial charge in [-0.15, -0.1) is 34.4 Å². The van der Waals surface area contributed by atoms with Crippen molar-refractivity contribution in [3.63, 3.8) is 0 Å². The van der Waals surface area contributed by atoms with Gasteiger partial charge in [-0.3, -0.25) is 0 Å². The van der Waals surface area contributed by atoms with Gasteiger partial charge in [0.05, 0.1) is 10.3 Å². The molecule has 2 nitrogen and oxygen atoms in total. The molecular weight excluding hydrogens is 304 g/mol. The predicted octanol–water partition coefficient (Wildman–Crippen LogP) is 5.04. The summed E-state index contributed by atoms with van der Waals surface area (Å²) in [5.74, 6) is 0. The highest BCUT2D eigenvalue weighted by Gasteiger charge is 2.27. The fraction of sp³-hybridized carbons (Fsp3) is 0.533. The topological polar surface area (TPSA) is 24.9 Å². The van der Waals surface area contributed by atoms with Crippen LogP contribution in [-0.4, -0.2) is 10.2 Å². The number of aryl methyl sites for hydroxylation is 1. The first-order chi connectivity index (χ1) is 9.67. The van der Waals surface area contributed by atoms with E-state index in [0.717, 1.165) is 6.42 Å². The Hall–Kier alpha value is -0.360. The van der Waals surface area contributed by atoms with Crippen molar-refractivity contribution >= 4 is 34.4 Å². The molecule has 0 aromatic carbocycles. The van der Waals surface area contributed by atoms with Crippen molar-refractivity contribution in [2.75, 3.05) is 0 Å². The lowest BCUT2D eigenvalue weighted by molar-refractivity contribution is 0.434. The maximum Gasteiger partial charge on any atom is 0.109 e. The second-order valence-electron chi connectivity index (χ2n) is 5.29. The second kappa shape index (κ2) is 6.18. The summed E-state index contributed by atoms with van der Waals surface area (Å²) in [7, 11) is 0. The highest BCUT2D eigenvalue weighted by Crippen LogP contribution is 2.44. The average molecular weight is 325 g/mol. The van der Waals surface area contributed by atoms with Crippen LogP contribution in [0.5, 0.6) is 0 Å². The number of fused-ring (bicyclic) bond motifs is 1. The molecule has 2 aromatic heterocycles. The van der Waals surface area contributed by atoms with E-state index in [4.69, 9.17) is 0 Å². The fourth-order valence-corrected chi connectivity index (χ4v) is 6.00. The minimum atomic E-state index is 0.327. The Morgan fingerprint density at radius 1 is 1.50 bits per heavy atom. The van der Waals surface area contributed by atoms with Gasteiger partial charge in [-0.25, -0.2) is 4.98 Å². The summed E-state index contributed by atoms with van der Waals surface area (Å²) in [6, 6.07) is 3.08. The second-order valence-corrected chi connectivity index (χ2v) is 9.06. The van der Waals surface area contributed by atoms with E-state index in [1.54, 1.807) is 0 Å². The molecule has 0 amide bonds. The Bertz CT molecular complexity index is 575. The third kappa shape index (κ3) is 2.96. The van der Waals surface area contributed by atoms with Crippen LogP contribution in [0.4, 0.5) is 0 Å². The Kier molecular flexibility index (Phi) is 4.50. The Balaban J connectivity index is 1.74. The number of thiazole rings is 1. The lowest BCUT2D eigenvalue weighted by atomic mass is 10.0. The van der Waals surface area contributed by atoms with E-state index in [1.807, 2.05) is 40.6 Å². The predicted molar refractivity (Wildman–Crippen MR) is 90.0 cm³/mol. The van der Waals surface area contributed by atoms with E-state index >= 15 is 0 Å². The molecule has 0 bridgehead atoms. The Morgan fingerprint density at radius 3 is 3.10 bits per heavy atom. The zero-order chi connectivity index (χ0) is 14.1. The van der Waals surface area contributed by atoms with Gasteiger partial charge < -0.3 is 5.32 Å². The van der Waals surface area contributed by atoms with Crippen LogP contribution in [0.3, 0.4) is 0 Å². The van der Waals surface area contributed by atoms with Crippen molar-refractivity contribution < 1.29 is 0 Å². The summed E-state index contributed by atoms with van der Waals surface area (Å²) in [4.78, 5) is 5.94. The minimum absolute atomic E-state index is 0.327. The van der Waals surface area contributed by atoms with Crippen molar-refractivity contribution in [1.29, 1.82) is 0 Å². The molecule has 1 aliphatic rings. The van der Waals surface area contributed by atoms with Crippen LogP contribution >= 0.6 is 34.4 Å². The summed E-state index contributed by atoms with van der Waals surface area (Å²) >= 11 is 5.73. The van der Waals surface area contributed by atoms with Crippen LogP contribution in [-0.2, 0) is 6.42 Å². The Morgan fingerprint density at radius 2 is 2.35 bits per heavy atom. The lowest BCUT2D eigenvalue weighted by Crippen LogP contribution is -2.28. The molecule has 0 spiro atoms. The summed E-state index contributed by atoms with van der Waals surface area (Å²) in [5, 5.41) is 7.90. The van der Waals surface area contributed by atoms with Gasteiger partial charge >= 0.3 is 0 Å². The number of hydrogen-bond donors (Lipinski definition) is 1. The maximum atomic E-state index is 4.57. The van der Waals surface area contributed by atoms with Gasteiger partial charge in [0.1, 0.15) is 5.01 Å². The van der Waals surface area contributed by atoms with Crippen LogP contribution in [0.15, 0.2) is 21.9 Å². The Labute approximate surface area is 133 Å². The normalized spacial score (nSPS) is 23.6. The minimum Gasteiger partial charge on any atom is -0.301 e. The van der Waals surface area contributed by atoms with Gasteiger partial charge in [0.25, 0.3) is 0 Å². The molecule has 2 unspecified atom stereocenters. The molecule has 0 saturated heterocycles. The highest BCUT2D eigenvalue weighted by atomic mass is 32.2. The van der Waals surface area contributed by atoms with Gasteiger partial charge in [0.2, 0.25) is 0 Å². The molecule has 1 aliphatic heterocycles. The lowest BCUT2D eigenvalue weighted by Gasteiger charge is -2.29. The number of hydrogen-bond acceptors (Lipinski definition) is 5. The quantitative estimate of drug-likeness (QED) is 0.852. The molecule has 0 aliphatic carbocycles. The summed E-state index contributed by atoms with van der Waals surface area (Å²) in [6.45, 7) is 6.75. The number of thiophene rings is 1. The molecule has 3 rings (SSSR count). The first kappa shape index (κ1) is 14.6. The van der Waals surface area contributed by atoms with Crippen LogP contribution in [0.2, 0.25) is 0 Å². The van der Waals surface area contributed by atoms with E-state index in [2.05, 4.69) is 42.5 Å². The van der Waals surface area contributed by atoms with Gasteiger partial charge in [-0.1, -0.05) is 13.8 Å². The highest BCUT2D eigenvalue weighted by molar-refractivity contribution is 8.01. The molecule has 0 saturated carbocycles. The first-order valence-corrected chi connectivity index (χ1v) is 9.69. The zero-order valence-electron chi connectivity index (χ0n) is 12.1. The number of thioether (sulfide) groups is 1. The molecule has 2 aromatic rings. The monoisotopic (exact) mass is 324 g/mol. The van der Waals surface area contributed by atoms with Crippen LogP contribution in [0.1, 0.15) is 54.7 Å². The van der Waals surface area contributed by atoms with Crippen LogP contribution in [0, 0.1) is 0 Å². The standard InChI is InChI=1S/C15H20N2S3/c1-4-11-8-16-14(20-11)10(3)17-13-7-9(2)19-15-12(13)5-6-18-15/h5-6,8-10,13,17H,4,7H2,1-3H3/t9-,10?,13?/m0/s1. The van der Waals surface area contributed by atoms with Crippen molar-refractivity contribution in [3.05, 3.63) is 33.1 Å². The molecule has 0 fully saturated rings. The van der Waals surface area contributed by atoms with E-state index in [1.165, 1.54) is 26.1 Å². The van der Waals surface area contributed by atoms with Crippen LogP contribution in [0.25, 0.3) is 0 Å². The van der Waals surface area contributed by atoms with Crippen LogP contribution < -0.4 is 5.32 Å².